The first-order valence-corrected chi connectivity index (χ1v) is 10.3. The summed E-state index contributed by atoms with van der Waals surface area (Å²) in [6, 6.07) is 0. The zero-order valence-corrected chi connectivity index (χ0v) is 21.0. The largest absolute Gasteiger partial charge is 4.00 e. The maximum atomic E-state index is 3.50. The van der Waals surface area contributed by atoms with E-state index in [1.54, 1.807) is 0 Å². The molecule has 0 unspecified atom stereocenters. The van der Waals surface area contributed by atoms with Gasteiger partial charge in [0.05, 0.1) is 0 Å². The van der Waals surface area contributed by atoms with Crippen molar-refractivity contribution in [3.63, 3.8) is 0 Å². The van der Waals surface area contributed by atoms with Crippen LogP contribution < -0.4 is 24.8 Å². The van der Waals surface area contributed by atoms with Crippen LogP contribution >= 0.6 is 0 Å². The molecule has 2 fully saturated rings. The molecule has 0 spiro atoms. The molecule has 0 aromatic carbocycles. The molecule has 148 valence electrons. The van der Waals surface area contributed by atoms with E-state index in [0.29, 0.717) is 10.8 Å². The van der Waals surface area contributed by atoms with Gasteiger partial charge in [0.1, 0.15) is 0 Å². The number of allylic oxidation sites excluding steroid dienone is 8. The van der Waals surface area contributed by atoms with Crippen molar-refractivity contribution in [3.8, 4) is 0 Å². The minimum atomic E-state index is 0. The molecule has 27 heavy (non-hydrogen) atoms. The predicted octanol–water partition coefficient (Wildman–Crippen LogP) is 1.30. The van der Waals surface area contributed by atoms with Crippen LogP contribution in [0.25, 0.3) is 0 Å². The Morgan fingerprint density at radius 2 is 1.04 bits per heavy atom. The van der Waals surface area contributed by atoms with E-state index in [1.165, 1.54) is 75.4 Å². The molecule has 0 aromatic rings. The fraction of sp³-hybridized carbons (Fsp3) is 0.667. The van der Waals surface area contributed by atoms with Crippen LogP contribution in [0.4, 0.5) is 0 Å². The Morgan fingerprint density at radius 1 is 0.704 bits per heavy atom. The second kappa shape index (κ2) is 12.9. The van der Waals surface area contributed by atoms with E-state index in [-0.39, 0.29) is 51.0 Å². The van der Waals surface area contributed by atoms with Gasteiger partial charge in [-0.25, -0.2) is 23.3 Å². The number of halogens is 2. The minimum absolute atomic E-state index is 0. The summed E-state index contributed by atoms with van der Waals surface area (Å²) in [7, 11) is 0. The molecule has 0 aromatic heterocycles. The van der Waals surface area contributed by atoms with E-state index in [9.17, 15) is 0 Å². The maximum Gasteiger partial charge on any atom is 4.00 e. The van der Waals surface area contributed by atoms with E-state index >= 15 is 0 Å². The number of hydrogen-bond acceptors (Lipinski definition) is 0. The van der Waals surface area contributed by atoms with Crippen LogP contribution in [0.5, 0.6) is 0 Å². The van der Waals surface area contributed by atoms with Crippen molar-refractivity contribution >= 4 is 0 Å². The second-order valence-corrected chi connectivity index (χ2v) is 8.08. The van der Waals surface area contributed by atoms with Gasteiger partial charge in [-0.15, -0.1) is 12.8 Å². The van der Waals surface area contributed by atoms with Crippen LogP contribution in [0.15, 0.2) is 35.5 Å². The van der Waals surface area contributed by atoms with Crippen molar-refractivity contribution in [1.82, 2.24) is 0 Å². The van der Waals surface area contributed by atoms with Gasteiger partial charge in [0, 0.05) is 0 Å². The first-order chi connectivity index (χ1) is 11.7. The first kappa shape index (κ1) is 27.4. The van der Waals surface area contributed by atoms with Gasteiger partial charge in [-0.05, 0) is 49.4 Å². The fourth-order valence-corrected chi connectivity index (χ4v) is 5.27. The van der Waals surface area contributed by atoms with Gasteiger partial charge >= 0.3 is 26.2 Å². The van der Waals surface area contributed by atoms with Gasteiger partial charge in [-0.2, -0.15) is 12.2 Å². The van der Waals surface area contributed by atoms with E-state index in [4.69, 9.17) is 0 Å². The van der Waals surface area contributed by atoms with E-state index in [2.05, 4.69) is 50.3 Å². The van der Waals surface area contributed by atoms with Crippen molar-refractivity contribution in [2.45, 2.75) is 90.9 Å². The van der Waals surface area contributed by atoms with Crippen LogP contribution in [-0.2, 0) is 26.2 Å². The van der Waals surface area contributed by atoms with Crippen molar-refractivity contribution in [3.05, 3.63) is 47.6 Å². The summed E-state index contributed by atoms with van der Waals surface area (Å²) in [6.07, 6.45) is 32.1. The molecule has 0 saturated heterocycles. The maximum absolute atomic E-state index is 3.50. The summed E-state index contributed by atoms with van der Waals surface area (Å²) >= 11 is 0. The molecule has 0 heterocycles. The normalized spacial score (nSPS) is 23.3. The van der Waals surface area contributed by atoms with Gasteiger partial charge in [-0.1, -0.05) is 39.5 Å². The Balaban J connectivity index is 0.000000451. The van der Waals surface area contributed by atoms with Gasteiger partial charge < -0.3 is 24.8 Å². The molecule has 0 aliphatic heterocycles. The zero-order valence-electron chi connectivity index (χ0n) is 17.1. The number of rotatable bonds is 4. The average Bonchev–Trinajstić information content (AvgIpc) is 3.44. The topological polar surface area (TPSA) is 0 Å². The van der Waals surface area contributed by atoms with Crippen LogP contribution in [0, 0.1) is 23.0 Å². The third-order valence-corrected chi connectivity index (χ3v) is 7.01. The molecular formula is C24H34Cl2Zr. The fourth-order valence-electron chi connectivity index (χ4n) is 5.27. The standard InChI is InChI=1S/2C12H17.2ClH.Zr/c2*1-2-12(9-5-6-10-12)11-7-3-4-8-11;;;/h2*3,7H,2,4-6,9-10H2,1H3;2*1H;/q2*-1;;;+4/p-2. The Bertz CT molecular complexity index is 495. The molecular weight excluding hydrogens is 450 g/mol. The van der Waals surface area contributed by atoms with Crippen LogP contribution in [0.3, 0.4) is 0 Å². The van der Waals surface area contributed by atoms with Gasteiger partial charge in [0.2, 0.25) is 0 Å². The molecule has 4 aliphatic rings. The van der Waals surface area contributed by atoms with Crippen molar-refractivity contribution in [2.75, 3.05) is 0 Å². The molecule has 4 aliphatic carbocycles. The SMILES string of the molecule is CCC1(C2=[C-]CC=C2)CCCC1.CCC1(C2=[C-]CC=C2)CCCC1.[Cl-].[Cl-].[Zr+4]. The third kappa shape index (κ3) is 6.20. The summed E-state index contributed by atoms with van der Waals surface area (Å²) in [4.78, 5) is 0. The zero-order chi connectivity index (χ0) is 16.9. The van der Waals surface area contributed by atoms with Crippen LogP contribution in [0.2, 0.25) is 0 Å². The Labute approximate surface area is 199 Å². The van der Waals surface area contributed by atoms with Gasteiger partial charge in [-0.3, -0.25) is 12.2 Å². The molecule has 0 atom stereocenters. The summed E-state index contributed by atoms with van der Waals surface area (Å²) in [5, 5.41) is 0. The predicted molar refractivity (Wildman–Crippen MR) is 103 cm³/mol. The van der Waals surface area contributed by atoms with E-state index in [1.807, 2.05) is 0 Å². The Kier molecular flexibility index (Phi) is 13.1. The van der Waals surface area contributed by atoms with Crippen molar-refractivity contribution < 1.29 is 51.0 Å². The summed E-state index contributed by atoms with van der Waals surface area (Å²) in [5.74, 6) is 0. The van der Waals surface area contributed by atoms with Gasteiger partial charge in [0.25, 0.3) is 0 Å². The molecule has 0 N–H and O–H groups in total. The van der Waals surface area contributed by atoms with Crippen molar-refractivity contribution in [2.24, 2.45) is 10.8 Å². The molecule has 0 nitrogen and oxygen atoms in total. The van der Waals surface area contributed by atoms with E-state index < -0.39 is 0 Å². The molecule has 0 amide bonds. The smallest absolute Gasteiger partial charge is 1.00 e. The molecule has 3 heteroatoms. The summed E-state index contributed by atoms with van der Waals surface area (Å²) in [5.41, 5.74) is 4.10. The molecule has 0 bridgehead atoms. The quantitative estimate of drug-likeness (QED) is 0.528. The average molecular weight is 485 g/mol. The molecule has 2 saturated carbocycles. The van der Waals surface area contributed by atoms with Crippen LogP contribution in [-0.4, -0.2) is 0 Å². The third-order valence-electron chi connectivity index (χ3n) is 7.01. The van der Waals surface area contributed by atoms with E-state index in [0.717, 1.165) is 12.8 Å². The Hall–Kier alpha value is 0.423. The van der Waals surface area contributed by atoms with Gasteiger partial charge in [0.15, 0.2) is 0 Å². The number of hydrogen-bond donors (Lipinski definition) is 0. The molecule has 0 radical (unpaired) electrons. The summed E-state index contributed by atoms with van der Waals surface area (Å²) in [6.45, 7) is 4.65. The second-order valence-electron chi connectivity index (χ2n) is 8.08. The Morgan fingerprint density at radius 3 is 1.26 bits per heavy atom. The monoisotopic (exact) mass is 482 g/mol. The minimum Gasteiger partial charge on any atom is -1.00 e. The first-order valence-electron chi connectivity index (χ1n) is 10.3. The molecule has 4 rings (SSSR count). The van der Waals surface area contributed by atoms with Crippen molar-refractivity contribution in [1.29, 1.82) is 0 Å². The van der Waals surface area contributed by atoms with Crippen LogP contribution in [0.1, 0.15) is 90.9 Å². The summed E-state index contributed by atoms with van der Waals surface area (Å²) < 4.78 is 0.